The van der Waals surface area contributed by atoms with E-state index in [4.69, 9.17) is 16.3 Å². The van der Waals surface area contributed by atoms with Crippen molar-refractivity contribution in [2.45, 2.75) is 19.9 Å². The summed E-state index contributed by atoms with van der Waals surface area (Å²) < 4.78 is 6.90. The van der Waals surface area contributed by atoms with E-state index in [-0.39, 0.29) is 11.7 Å². The minimum Gasteiger partial charge on any atom is -0.461 e. The van der Waals surface area contributed by atoms with E-state index in [1.807, 2.05) is 29.7 Å². The molecule has 1 unspecified atom stereocenters. The van der Waals surface area contributed by atoms with Crippen LogP contribution in [0.5, 0.6) is 0 Å². The van der Waals surface area contributed by atoms with Gasteiger partial charge in [0.2, 0.25) is 0 Å². The number of carbonyl (C=O) groups excluding carboxylic acids is 1. The number of nitrogens with zero attached hydrogens (tertiary/aromatic N) is 3. The first-order valence-corrected chi connectivity index (χ1v) is 7.03. The van der Waals surface area contributed by atoms with Crippen molar-refractivity contribution in [1.82, 2.24) is 9.55 Å². The molecule has 0 aromatic carbocycles. The summed E-state index contributed by atoms with van der Waals surface area (Å²) in [6, 6.07) is -0.116. The lowest BCUT2D eigenvalue weighted by atomic mass is 9.98. The third-order valence-electron chi connectivity index (χ3n) is 3.38. The molecular weight excluding hydrogens is 290 g/mol. The highest BCUT2D eigenvalue weighted by molar-refractivity contribution is 6.30. The molecule has 0 amide bonds. The number of ether oxygens (including phenoxy) is 1. The molecule has 1 aromatic heterocycles. The summed E-state index contributed by atoms with van der Waals surface area (Å²) in [6.07, 6.45) is 9.19. The third kappa shape index (κ3) is 2.34. The zero-order valence-electron chi connectivity index (χ0n) is 11.7. The Bertz CT molecular complexity index is 725. The Morgan fingerprint density at radius 2 is 2.33 bits per heavy atom. The number of esters is 1. The zero-order valence-corrected chi connectivity index (χ0v) is 12.5. The third-order valence-corrected chi connectivity index (χ3v) is 3.70. The van der Waals surface area contributed by atoms with Crippen LogP contribution in [0.3, 0.4) is 0 Å². The smallest absolute Gasteiger partial charge is 0.359 e. The van der Waals surface area contributed by atoms with Gasteiger partial charge in [-0.25, -0.2) is 14.8 Å². The Balaban J connectivity index is 2.10. The summed E-state index contributed by atoms with van der Waals surface area (Å²) >= 11 is 6.25. The molecule has 2 aliphatic rings. The van der Waals surface area contributed by atoms with Crippen LogP contribution in [-0.4, -0.2) is 28.3 Å². The molecule has 0 saturated heterocycles. The van der Waals surface area contributed by atoms with Gasteiger partial charge in [0.05, 0.1) is 30.9 Å². The van der Waals surface area contributed by atoms with Gasteiger partial charge < -0.3 is 9.30 Å². The predicted octanol–water partition coefficient (Wildman–Crippen LogP) is 3.00. The van der Waals surface area contributed by atoms with Crippen LogP contribution < -0.4 is 0 Å². The van der Waals surface area contributed by atoms with Crippen LogP contribution >= 0.6 is 11.6 Å². The SMILES string of the molecule is CCOC(=O)c1ncn2c1C=NC(Cl)=C1C=C(C)C=CC12. The maximum atomic E-state index is 11.9. The largest absolute Gasteiger partial charge is 0.461 e. The van der Waals surface area contributed by atoms with Crippen molar-refractivity contribution >= 4 is 23.8 Å². The van der Waals surface area contributed by atoms with Gasteiger partial charge in [0.15, 0.2) is 5.69 Å². The second-order valence-electron chi connectivity index (χ2n) is 4.80. The van der Waals surface area contributed by atoms with E-state index in [9.17, 15) is 4.79 Å². The van der Waals surface area contributed by atoms with Gasteiger partial charge in [-0.05, 0) is 13.8 Å². The maximum absolute atomic E-state index is 11.9. The fourth-order valence-corrected chi connectivity index (χ4v) is 2.63. The van der Waals surface area contributed by atoms with Crippen LogP contribution in [0.25, 0.3) is 0 Å². The van der Waals surface area contributed by atoms with Crippen molar-refractivity contribution in [3.8, 4) is 0 Å². The van der Waals surface area contributed by atoms with E-state index < -0.39 is 5.97 Å². The lowest BCUT2D eigenvalue weighted by molar-refractivity contribution is 0.0520. The van der Waals surface area contributed by atoms with E-state index in [1.54, 1.807) is 19.5 Å². The van der Waals surface area contributed by atoms with Gasteiger partial charge in [0.1, 0.15) is 5.16 Å². The van der Waals surface area contributed by atoms with Gasteiger partial charge in [-0.3, -0.25) is 0 Å². The number of aliphatic imine (C=N–C) groups is 1. The minimum atomic E-state index is -0.455. The van der Waals surface area contributed by atoms with Crippen LogP contribution in [0.15, 0.2) is 45.9 Å². The summed E-state index contributed by atoms with van der Waals surface area (Å²) in [6.45, 7) is 4.06. The highest BCUT2D eigenvalue weighted by atomic mass is 35.5. The molecular formula is C15H14ClN3O2. The Labute approximate surface area is 127 Å². The first kappa shape index (κ1) is 13.8. The summed E-state index contributed by atoms with van der Waals surface area (Å²) in [5.41, 5.74) is 2.85. The zero-order chi connectivity index (χ0) is 15.0. The number of hydrogen-bond acceptors (Lipinski definition) is 4. The lowest BCUT2D eigenvalue weighted by Gasteiger charge is -2.20. The summed E-state index contributed by atoms with van der Waals surface area (Å²) in [4.78, 5) is 20.3. The summed E-state index contributed by atoms with van der Waals surface area (Å²) in [5, 5.41) is 0.419. The molecule has 0 saturated carbocycles. The second-order valence-corrected chi connectivity index (χ2v) is 5.16. The predicted molar refractivity (Wildman–Crippen MR) is 80.6 cm³/mol. The van der Waals surface area contributed by atoms with E-state index >= 15 is 0 Å². The molecule has 6 heteroatoms. The van der Waals surface area contributed by atoms with E-state index in [1.165, 1.54) is 0 Å². The number of imidazole rings is 1. The van der Waals surface area contributed by atoms with Gasteiger partial charge in [-0.15, -0.1) is 0 Å². The van der Waals surface area contributed by atoms with Crippen LogP contribution in [-0.2, 0) is 4.74 Å². The molecule has 1 aromatic rings. The number of hydrogen-bond donors (Lipinski definition) is 0. The van der Waals surface area contributed by atoms with E-state index in [0.29, 0.717) is 17.5 Å². The van der Waals surface area contributed by atoms with Crippen LogP contribution in [0.1, 0.15) is 36.1 Å². The first-order valence-electron chi connectivity index (χ1n) is 6.66. The summed E-state index contributed by atoms with van der Waals surface area (Å²) in [7, 11) is 0. The highest BCUT2D eigenvalue weighted by Crippen LogP contribution is 2.34. The fourth-order valence-electron chi connectivity index (χ4n) is 2.42. The topological polar surface area (TPSA) is 56.5 Å². The molecule has 1 atom stereocenters. The van der Waals surface area contributed by atoms with Crippen molar-refractivity contribution < 1.29 is 9.53 Å². The average molecular weight is 304 g/mol. The Hall–Kier alpha value is -2.14. The molecule has 0 N–H and O–H groups in total. The molecule has 0 spiro atoms. The molecule has 108 valence electrons. The molecule has 1 aliphatic carbocycles. The molecule has 5 nitrogen and oxygen atoms in total. The van der Waals surface area contributed by atoms with Crippen molar-refractivity contribution in [2.75, 3.05) is 6.61 Å². The normalized spacial score (nSPS) is 19.8. The lowest BCUT2D eigenvalue weighted by Crippen LogP contribution is -2.14. The molecule has 0 fully saturated rings. The van der Waals surface area contributed by atoms with Crippen LogP contribution in [0.4, 0.5) is 0 Å². The number of aromatic nitrogens is 2. The van der Waals surface area contributed by atoms with Crippen molar-refractivity contribution in [3.05, 3.63) is 52.2 Å². The van der Waals surface area contributed by atoms with Crippen molar-refractivity contribution in [1.29, 1.82) is 0 Å². The molecule has 1 aliphatic heterocycles. The molecule has 21 heavy (non-hydrogen) atoms. The Kier molecular flexibility index (Phi) is 3.51. The number of fused-ring (bicyclic) bond motifs is 3. The maximum Gasteiger partial charge on any atom is 0.359 e. The van der Waals surface area contributed by atoms with E-state index in [2.05, 4.69) is 9.98 Å². The van der Waals surface area contributed by atoms with Crippen LogP contribution in [0, 0.1) is 0 Å². The van der Waals surface area contributed by atoms with E-state index in [0.717, 1.165) is 11.1 Å². The Morgan fingerprint density at radius 3 is 3.10 bits per heavy atom. The van der Waals surface area contributed by atoms with Crippen molar-refractivity contribution in [3.63, 3.8) is 0 Å². The first-order chi connectivity index (χ1) is 10.1. The molecule has 2 heterocycles. The monoisotopic (exact) mass is 303 g/mol. The van der Waals surface area contributed by atoms with Gasteiger partial charge >= 0.3 is 5.97 Å². The van der Waals surface area contributed by atoms with Crippen LogP contribution in [0.2, 0.25) is 0 Å². The van der Waals surface area contributed by atoms with Crippen molar-refractivity contribution in [2.24, 2.45) is 4.99 Å². The molecule has 0 radical (unpaired) electrons. The fraction of sp³-hybridized carbons (Fsp3) is 0.267. The summed E-state index contributed by atoms with van der Waals surface area (Å²) in [5.74, 6) is -0.455. The van der Waals surface area contributed by atoms with Gasteiger partial charge in [0.25, 0.3) is 0 Å². The van der Waals surface area contributed by atoms with Gasteiger partial charge in [-0.1, -0.05) is 35.4 Å². The Morgan fingerprint density at radius 1 is 1.52 bits per heavy atom. The quantitative estimate of drug-likeness (QED) is 0.623. The van der Waals surface area contributed by atoms with Gasteiger partial charge in [-0.2, -0.15) is 0 Å². The molecule has 0 bridgehead atoms. The second kappa shape index (κ2) is 5.33. The standard InChI is InChI=1S/C15H14ClN3O2/c1-3-21-15(20)13-12-7-17-14(16)10-6-9(2)4-5-11(10)19(12)8-18-13/h4-8,11H,3H2,1-2H3. The number of carbonyl (C=O) groups is 1. The average Bonchev–Trinajstić information content (AvgIpc) is 2.83. The highest BCUT2D eigenvalue weighted by Gasteiger charge is 2.27. The van der Waals surface area contributed by atoms with Gasteiger partial charge in [0, 0.05) is 5.57 Å². The molecule has 3 rings (SSSR count). The number of allylic oxidation sites excluding steroid dienone is 5. The number of rotatable bonds is 2. The number of halogens is 1. The minimum absolute atomic E-state index is 0.116.